The fourth-order valence-corrected chi connectivity index (χ4v) is 8.30. The van der Waals surface area contributed by atoms with E-state index in [1.54, 1.807) is 38.2 Å². The molecule has 7 rings (SSSR count). The molecule has 16 heteroatoms. The number of ether oxygens (including phenoxy) is 3. The van der Waals surface area contributed by atoms with E-state index in [0.29, 0.717) is 98.7 Å². The van der Waals surface area contributed by atoms with E-state index >= 15 is 0 Å². The lowest BCUT2D eigenvalue weighted by molar-refractivity contribution is -0.274. The molecule has 53 heavy (non-hydrogen) atoms. The third-order valence-corrected chi connectivity index (χ3v) is 10.8. The molecule has 2 aliphatic heterocycles. The minimum Gasteiger partial charge on any atom is -0.493 e. The molecule has 1 N–H and O–H groups in total. The van der Waals surface area contributed by atoms with Crippen LogP contribution in [0.4, 0.5) is 19.0 Å². The van der Waals surface area contributed by atoms with Gasteiger partial charge in [0.1, 0.15) is 17.9 Å². The number of fused-ring (bicyclic) bond motifs is 3. The van der Waals surface area contributed by atoms with E-state index in [1.807, 2.05) is 21.9 Å². The molecule has 0 radical (unpaired) electrons. The van der Waals surface area contributed by atoms with E-state index in [2.05, 4.69) is 30.0 Å². The molecule has 4 aromatic rings. The number of aromatic nitrogens is 4. The highest BCUT2D eigenvalue weighted by molar-refractivity contribution is 5.87. The molecule has 2 aromatic carbocycles. The smallest absolute Gasteiger partial charge is 0.493 e. The topological polar surface area (TPSA) is 127 Å². The zero-order valence-electron chi connectivity index (χ0n) is 30.0. The quantitative estimate of drug-likeness (QED) is 0.268. The molecule has 0 bridgehead atoms. The number of piperazine rings is 1. The number of alkyl halides is 3. The maximum Gasteiger partial charge on any atom is 0.573 e. The van der Waals surface area contributed by atoms with Gasteiger partial charge in [-0.1, -0.05) is 12.1 Å². The number of halogens is 3. The minimum absolute atomic E-state index is 0.0444. The second-order valence-corrected chi connectivity index (χ2v) is 13.7. The van der Waals surface area contributed by atoms with Crippen LogP contribution in [0.25, 0.3) is 11.0 Å². The average Bonchev–Trinajstić information content (AvgIpc) is 3.56. The maximum atomic E-state index is 14.0. The molecule has 282 valence electrons. The van der Waals surface area contributed by atoms with Crippen molar-refractivity contribution in [2.45, 2.75) is 50.6 Å². The third-order valence-electron chi connectivity index (χ3n) is 10.8. The highest BCUT2D eigenvalue weighted by Gasteiger charge is 2.49. The Kier molecular flexibility index (Phi) is 10.1. The summed E-state index contributed by atoms with van der Waals surface area (Å²) in [5, 5.41) is 8.20. The normalized spacial score (nSPS) is 20.4. The van der Waals surface area contributed by atoms with Crippen LogP contribution in [-0.2, 0) is 28.1 Å². The molecule has 2 fully saturated rings. The monoisotopic (exact) mass is 736 g/mol. The van der Waals surface area contributed by atoms with Crippen LogP contribution >= 0.6 is 0 Å². The van der Waals surface area contributed by atoms with Gasteiger partial charge in [-0.05, 0) is 80.1 Å². The molecule has 0 atom stereocenters. The Labute approximate surface area is 305 Å². The van der Waals surface area contributed by atoms with Crippen LogP contribution in [0.3, 0.4) is 0 Å². The Morgan fingerprint density at radius 3 is 2.42 bits per heavy atom. The van der Waals surface area contributed by atoms with Gasteiger partial charge in [0, 0.05) is 38.6 Å². The molecule has 2 amide bonds. The molecule has 1 aliphatic carbocycles. The lowest BCUT2D eigenvalue weighted by Gasteiger charge is -2.52. The number of carbonyl (C=O) groups excluding carboxylic acids is 2. The molecule has 3 aliphatic rings. The zero-order valence-corrected chi connectivity index (χ0v) is 30.0. The van der Waals surface area contributed by atoms with Crippen LogP contribution < -0.4 is 24.4 Å². The van der Waals surface area contributed by atoms with Crippen molar-refractivity contribution in [1.29, 1.82) is 0 Å². The number of methoxy groups -OCH3 is 2. The van der Waals surface area contributed by atoms with Crippen molar-refractivity contribution in [3.8, 4) is 17.2 Å². The number of nitrogens with zero attached hydrogens (tertiary/aromatic N) is 7. The summed E-state index contributed by atoms with van der Waals surface area (Å²) >= 11 is 0. The largest absolute Gasteiger partial charge is 0.573 e. The van der Waals surface area contributed by atoms with E-state index in [9.17, 15) is 22.8 Å². The Balaban J connectivity index is 1.02. The summed E-state index contributed by atoms with van der Waals surface area (Å²) in [6.45, 7) is 3.22. The van der Waals surface area contributed by atoms with Crippen LogP contribution in [0.2, 0.25) is 0 Å². The van der Waals surface area contributed by atoms with Crippen molar-refractivity contribution in [1.82, 2.24) is 34.9 Å². The number of anilines is 1. The predicted molar refractivity (Wildman–Crippen MR) is 189 cm³/mol. The number of carbonyl (C=O) groups is 2. The molecule has 2 aromatic heterocycles. The number of likely N-dealkylation sites (N-methyl/N-ethyl adjacent to an activating group) is 1. The van der Waals surface area contributed by atoms with Gasteiger partial charge in [-0.25, -0.2) is 14.6 Å². The summed E-state index contributed by atoms with van der Waals surface area (Å²) in [5.41, 5.74) is 2.82. The summed E-state index contributed by atoms with van der Waals surface area (Å²) in [5.74, 6) is 1.71. The Hall–Kier alpha value is -5.12. The summed E-state index contributed by atoms with van der Waals surface area (Å²) in [7, 11) is 5.01. The first-order valence-corrected chi connectivity index (χ1v) is 17.8. The van der Waals surface area contributed by atoms with Crippen molar-refractivity contribution < 1.29 is 37.0 Å². The van der Waals surface area contributed by atoms with Crippen LogP contribution in [0.5, 0.6) is 17.2 Å². The van der Waals surface area contributed by atoms with Gasteiger partial charge in [0.25, 0.3) is 0 Å². The van der Waals surface area contributed by atoms with Gasteiger partial charge in [-0.2, -0.15) is 5.10 Å². The molecule has 1 spiro atoms. The van der Waals surface area contributed by atoms with Gasteiger partial charge >= 0.3 is 6.36 Å². The van der Waals surface area contributed by atoms with Gasteiger partial charge in [-0.3, -0.25) is 9.59 Å². The lowest BCUT2D eigenvalue weighted by Crippen LogP contribution is -2.57. The van der Waals surface area contributed by atoms with E-state index in [-0.39, 0.29) is 36.6 Å². The first-order valence-electron chi connectivity index (χ1n) is 17.8. The van der Waals surface area contributed by atoms with E-state index in [1.165, 1.54) is 24.5 Å². The highest BCUT2D eigenvalue weighted by atomic mass is 19.4. The summed E-state index contributed by atoms with van der Waals surface area (Å²) in [4.78, 5) is 42.5. The van der Waals surface area contributed by atoms with E-state index < -0.39 is 11.9 Å². The summed E-state index contributed by atoms with van der Waals surface area (Å²) in [6.07, 6.45) is 1.71. The van der Waals surface area contributed by atoms with Crippen LogP contribution in [-0.4, -0.2) is 108 Å². The van der Waals surface area contributed by atoms with Crippen molar-refractivity contribution in [2.24, 2.45) is 5.92 Å². The van der Waals surface area contributed by atoms with Gasteiger partial charge in [0.2, 0.25) is 11.8 Å². The standard InChI is InChI=1S/C37H43F3N8O5/c1-41-21-32(49)47-12-9-26-18-30(51-2)31(52-3)19-29(26)36(47)10-7-25(8-11-36)35(50)46-15-13-45(14-16-46)33-28-20-44-48(34(28)43-23-42-33)22-24-5-4-6-27(17-24)53-37(38,39)40/h4-6,17-20,23,25,41H,7-16,21-22H2,1-3H3. The average molecular weight is 737 g/mol. The molecule has 1 saturated carbocycles. The lowest BCUT2D eigenvalue weighted by atomic mass is 9.68. The van der Waals surface area contributed by atoms with Crippen LogP contribution in [0.1, 0.15) is 42.4 Å². The van der Waals surface area contributed by atoms with Crippen LogP contribution in [0, 0.1) is 5.92 Å². The first-order chi connectivity index (χ1) is 25.5. The number of amides is 2. The second-order valence-electron chi connectivity index (χ2n) is 13.7. The number of nitrogens with one attached hydrogen (secondary N) is 1. The van der Waals surface area contributed by atoms with E-state index in [4.69, 9.17) is 9.47 Å². The van der Waals surface area contributed by atoms with Gasteiger partial charge < -0.3 is 34.2 Å². The Morgan fingerprint density at radius 1 is 0.981 bits per heavy atom. The van der Waals surface area contributed by atoms with Gasteiger partial charge in [-0.15, -0.1) is 13.2 Å². The molecule has 1 saturated heterocycles. The van der Waals surface area contributed by atoms with Crippen molar-refractivity contribution in [3.63, 3.8) is 0 Å². The van der Waals surface area contributed by atoms with E-state index in [0.717, 1.165) is 11.1 Å². The van der Waals surface area contributed by atoms with Crippen LogP contribution in [0.15, 0.2) is 48.9 Å². The molecule has 0 unspecified atom stereocenters. The molecular weight excluding hydrogens is 693 g/mol. The predicted octanol–water partition coefficient (Wildman–Crippen LogP) is 4.13. The van der Waals surface area contributed by atoms with Gasteiger partial charge in [0.15, 0.2) is 17.1 Å². The fourth-order valence-electron chi connectivity index (χ4n) is 8.30. The number of rotatable bonds is 9. The van der Waals surface area contributed by atoms with Crippen molar-refractivity contribution >= 4 is 28.7 Å². The molecular formula is C37H43F3N8O5. The highest BCUT2D eigenvalue weighted by Crippen LogP contribution is 2.50. The van der Waals surface area contributed by atoms with Crippen molar-refractivity contribution in [2.75, 3.05) is 65.4 Å². The maximum absolute atomic E-state index is 14.0. The number of hydrogen-bond donors (Lipinski definition) is 1. The molecule has 4 heterocycles. The van der Waals surface area contributed by atoms with Crippen molar-refractivity contribution in [3.05, 3.63) is 65.6 Å². The fraction of sp³-hybridized carbons (Fsp3) is 0.486. The Bertz CT molecular complexity index is 1970. The van der Waals surface area contributed by atoms with Gasteiger partial charge in [0.05, 0.1) is 44.4 Å². The summed E-state index contributed by atoms with van der Waals surface area (Å²) in [6, 6.07) is 9.82. The first kappa shape index (κ1) is 36.2. The minimum atomic E-state index is -4.78. The third kappa shape index (κ3) is 7.15. The number of hydrogen-bond acceptors (Lipinski definition) is 10. The number of benzene rings is 2. The Morgan fingerprint density at radius 2 is 1.72 bits per heavy atom. The molecule has 13 nitrogen and oxygen atoms in total. The summed E-state index contributed by atoms with van der Waals surface area (Å²) < 4.78 is 55.2. The zero-order chi connectivity index (χ0) is 37.3. The SMILES string of the molecule is CNCC(=O)N1CCc2cc(OC)c(OC)cc2C12CCC(C(=O)N1CCN(c3ncnc4c3cnn4Cc3cccc(OC(F)(F)F)c3)CC1)CC2. The second kappa shape index (κ2) is 14.7.